The number of fused-ring (bicyclic) bond motifs is 1. The largest absolute Gasteiger partial charge is 0.351 e. The normalized spacial score (nSPS) is 10.9. The van der Waals surface area contributed by atoms with Gasteiger partial charge in [0.15, 0.2) is 11.6 Å². The molecule has 0 aliphatic carbocycles. The molecule has 6 heteroatoms. The predicted molar refractivity (Wildman–Crippen MR) is 81.0 cm³/mol. The average Bonchev–Trinajstić information content (AvgIpc) is 2.48. The van der Waals surface area contributed by atoms with E-state index in [2.05, 4.69) is 5.32 Å². The van der Waals surface area contributed by atoms with Crippen LogP contribution in [0.2, 0.25) is 0 Å². The van der Waals surface area contributed by atoms with Gasteiger partial charge in [0.1, 0.15) is 5.69 Å². The highest BCUT2D eigenvalue weighted by atomic mass is 19.2. The summed E-state index contributed by atoms with van der Waals surface area (Å²) in [6.45, 7) is 4.50. The van der Waals surface area contributed by atoms with Crippen molar-refractivity contribution in [3.63, 3.8) is 0 Å². The Balaban J connectivity index is 2.72. The molecule has 0 fully saturated rings. The smallest absolute Gasteiger partial charge is 0.268 e. The van der Waals surface area contributed by atoms with Gasteiger partial charge >= 0.3 is 0 Å². The molecule has 0 atom stereocenters. The molecule has 1 N–H and O–H groups in total. The quantitative estimate of drug-likeness (QED) is 0.923. The number of hydrogen-bond acceptors (Lipinski definition) is 2. The van der Waals surface area contributed by atoms with Gasteiger partial charge in [0.2, 0.25) is 0 Å². The highest BCUT2D eigenvalue weighted by Gasteiger charge is 2.16. The number of nitrogens with one attached hydrogen (secondary N) is 1. The zero-order chi connectivity index (χ0) is 16.3. The number of rotatable bonds is 5. The van der Waals surface area contributed by atoms with E-state index >= 15 is 0 Å². The zero-order valence-electron chi connectivity index (χ0n) is 12.6. The summed E-state index contributed by atoms with van der Waals surface area (Å²) in [4.78, 5) is 24.7. The second-order valence-electron chi connectivity index (χ2n) is 5.05. The molecule has 1 aromatic carbocycles. The van der Waals surface area contributed by atoms with Gasteiger partial charge in [0.05, 0.1) is 5.39 Å². The summed E-state index contributed by atoms with van der Waals surface area (Å²) in [5.41, 5.74) is -0.315. The van der Waals surface area contributed by atoms with E-state index in [0.29, 0.717) is 19.5 Å². The van der Waals surface area contributed by atoms with Gasteiger partial charge in [-0.25, -0.2) is 8.78 Å². The standard InChI is InChI=1S/C16H18F2N2O2/c1-3-5-6-20-14(15(21)19-4-2)8-10-7-12(17)13(18)9-11(10)16(20)22/h7-9H,3-6H2,1-2H3,(H,19,21). The average molecular weight is 308 g/mol. The fourth-order valence-electron chi connectivity index (χ4n) is 2.32. The summed E-state index contributed by atoms with van der Waals surface area (Å²) in [6.07, 6.45) is 1.55. The Labute approximate surface area is 126 Å². The van der Waals surface area contributed by atoms with Crippen molar-refractivity contribution in [1.82, 2.24) is 9.88 Å². The third-order valence-electron chi connectivity index (χ3n) is 3.46. The Hall–Kier alpha value is -2.24. The molecule has 4 nitrogen and oxygen atoms in total. The minimum absolute atomic E-state index is 0.0723. The molecule has 1 heterocycles. The van der Waals surface area contributed by atoms with Crippen LogP contribution in [0.1, 0.15) is 37.2 Å². The van der Waals surface area contributed by atoms with E-state index in [1.54, 1.807) is 6.92 Å². The van der Waals surface area contributed by atoms with E-state index in [0.717, 1.165) is 18.6 Å². The molecular formula is C16H18F2N2O2. The van der Waals surface area contributed by atoms with E-state index in [1.165, 1.54) is 10.6 Å². The first-order valence-corrected chi connectivity index (χ1v) is 7.30. The SMILES string of the molecule is CCCCn1c(C(=O)NCC)cc2cc(F)c(F)cc2c1=O. The summed E-state index contributed by atoms with van der Waals surface area (Å²) in [5, 5.41) is 2.92. The number of nitrogens with zero attached hydrogens (tertiary/aromatic N) is 1. The lowest BCUT2D eigenvalue weighted by atomic mass is 10.1. The van der Waals surface area contributed by atoms with E-state index in [9.17, 15) is 18.4 Å². The van der Waals surface area contributed by atoms with Crippen molar-refractivity contribution in [3.8, 4) is 0 Å². The van der Waals surface area contributed by atoms with Crippen LogP contribution in [0.3, 0.4) is 0 Å². The van der Waals surface area contributed by atoms with Crippen LogP contribution in [0.15, 0.2) is 23.0 Å². The number of hydrogen-bond donors (Lipinski definition) is 1. The first-order valence-electron chi connectivity index (χ1n) is 7.30. The van der Waals surface area contributed by atoms with Crippen molar-refractivity contribution in [2.24, 2.45) is 0 Å². The predicted octanol–water partition coefficient (Wildman–Crippen LogP) is 2.83. The molecule has 0 spiro atoms. The molecule has 0 saturated heterocycles. The first-order chi connectivity index (χ1) is 10.5. The second-order valence-corrected chi connectivity index (χ2v) is 5.05. The minimum Gasteiger partial charge on any atom is -0.351 e. The number of carbonyl (C=O) groups excluding carboxylic acids is 1. The van der Waals surface area contributed by atoms with Gasteiger partial charge in [-0.15, -0.1) is 0 Å². The van der Waals surface area contributed by atoms with Crippen molar-refractivity contribution in [2.75, 3.05) is 6.54 Å². The molecule has 1 amide bonds. The third-order valence-corrected chi connectivity index (χ3v) is 3.46. The van der Waals surface area contributed by atoms with Gasteiger partial charge in [0, 0.05) is 13.1 Å². The summed E-state index contributed by atoms with van der Waals surface area (Å²) < 4.78 is 28.1. The molecule has 0 unspecified atom stereocenters. The topological polar surface area (TPSA) is 51.1 Å². The number of unbranched alkanes of at least 4 members (excludes halogenated alkanes) is 1. The van der Waals surface area contributed by atoms with Crippen LogP contribution in [0.4, 0.5) is 8.78 Å². The third kappa shape index (κ3) is 3.00. The van der Waals surface area contributed by atoms with Gasteiger partial charge in [-0.3, -0.25) is 9.59 Å². The number of halogens is 2. The molecule has 118 valence electrons. The van der Waals surface area contributed by atoms with Crippen LogP contribution < -0.4 is 10.9 Å². The summed E-state index contributed by atoms with van der Waals surface area (Å²) in [5.74, 6) is -2.51. The maximum atomic E-state index is 13.4. The molecule has 0 saturated carbocycles. The number of benzene rings is 1. The van der Waals surface area contributed by atoms with E-state index in [1.807, 2.05) is 6.92 Å². The van der Waals surface area contributed by atoms with Crippen molar-refractivity contribution in [1.29, 1.82) is 0 Å². The summed E-state index contributed by atoms with van der Waals surface area (Å²) in [6, 6.07) is 3.26. The number of amides is 1. The first kappa shape index (κ1) is 16.1. The molecular weight excluding hydrogens is 290 g/mol. The molecule has 2 rings (SSSR count). The molecule has 22 heavy (non-hydrogen) atoms. The van der Waals surface area contributed by atoms with Gasteiger partial charge in [-0.2, -0.15) is 0 Å². The fraction of sp³-hybridized carbons (Fsp3) is 0.375. The van der Waals surface area contributed by atoms with Crippen molar-refractivity contribution in [3.05, 3.63) is 45.9 Å². The maximum Gasteiger partial charge on any atom is 0.268 e. The van der Waals surface area contributed by atoms with Crippen molar-refractivity contribution in [2.45, 2.75) is 33.2 Å². The van der Waals surface area contributed by atoms with Gasteiger partial charge in [-0.1, -0.05) is 13.3 Å². The number of carbonyl (C=O) groups is 1. The Bertz CT molecular complexity index is 769. The highest BCUT2D eigenvalue weighted by molar-refractivity contribution is 5.96. The van der Waals surface area contributed by atoms with E-state index < -0.39 is 23.1 Å². The Kier molecular flexibility index (Phi) is 4.90. The van der Waals surface area contributed by atoms with Crippen LogP contribution in [-0.4, -0.2) is 17.0 Å². The van der Waals surface area contributed by atoms with Crippen molar-refractivity contribution >= 4 is 16.7 Å². The monoisotopic (exact) mass is 308 g/mol. The lowest BCUT2D eigenvalue weighted by Gasteiger charge is -2.14. The minimum atomic E-state index is -1.07. The zero-order valence-corrected chi connectivity index (χ0v) is 12.6. The van der Waals surface area contributed by atoms with Crippen LogP contribution in [-0.2, 0) is 6.54 Å². The van der Waals surface area contributed by atoms with E-state index in [4.69, 9.17) is 0 Å². The van der Waals surface area contributed by atoms with Crippen molar-refractivity contribution < 1.29 is 13.6 Å². The van der Waals surface area contributed by atoms with Crippen LogP contribution in [0.5, 0.6) is 0 Å². The summed E-state index contributed by atoms with van der Waals surface area (Å²) >= 11 is 0. The number of pyridine rings is 1. The molecule has 0 bridgehead atoms. The number of aromatic nitrogens is 1. The van der Waals surface area contributed by atoms with Gasteiger partial charge in [0.25, 0.3) is 11.5 Å². The molecule has 0 aliphatic heterocycles. The van der Waals surface area contributed by atoms with Crippen LogP contribution >= 0.6 is 0 Å². The highest BCUT2D eigenvalue weighted by Crippen LogP contribution is 2.17. The molecule has 1 aromatic heterocycles. The second kappa shape index (κ2) is 6.68. The molecule has 0 aliphatic rings. The van der Waals surface area contributed by atoms with Gasteiger partial charge < -0.3 is 9.88 Å². The Morgan fingerprint density at radius 2 is 1.86 bits per heavy atom. The fourth-order valence-corrected chi connectivity index (χ4v) is 2.32. The Morgan fingerprint density at radius 3 is 2.50 bits per heavy atom. The Morgan fingerprint density at radius 1 is 1.18 bits per heavy atom. The van der Waals surface area contributed by atoms with Crippen LogP contribution in [0, 0.1) is 11.6 Å². The van der Waals surface area contributed by atoms with Crippen LogP contribution in [0.25, 0.3) is 10.8 Å². The van der Waals surface area contributed by atoms with E-state index in [-0.39, 0.29) is 16.5 Å². The lowest BCUT2D eigenvalue weighted by molar-refractivity contribution is 0.0945. The molecule has 2 aromatic rings. The summed E-state index contributed by atoms with van der Waals surface area (Å²) in [7, 11) is 0. The van der Waals surface area contributed by atoms with Gasteiger partial charge in [-0.05, 0) is 36.9 Å². The lowest BCUT2D eigenvalue weighted by Crippen LogP contribution is -2.32. The maximum absolute atomic E-state index is 13.4. The molecule has 0 radical (unpaired) electrons.